The fraction of sp³-hybridized carbons (Fsp3) is 0.368. The highest BCUT2D eigenvalue weighted by Gasteiger charge is 2.16. The molecule has 0 atom stereocenters. The Kier molecular flexibility index (Phi) is 5.00. The lowest BCUT2D eigenvalue weighted by Crippen LogP contribution is -2.29. The molecule has 4 heterocycles. The molecule has 140 valence electrons. The summed E-state index contributed by atoms with van der Waals surface area (Å²) in [5.41, 5.74) is 2.00. The van der Waals surface area contributed by atoms with Gasteiger partial charge in [0.1, 0.15) is 11.2 Å². The van der Waals surface area contributed by atoms with E-state index in [1.807, 2.05) is 18.4 Å². The maximum Gasteiger partial charge on any atom is 0.270 e. The van der Waals surface area contributed by atoms with Crippen molar-refractivity contribution in [3.63, 3.8) is 0 Å². The summed E-state index contributed by atoms with van der Waals surface area (Å²) in [5.74, 6) is -0.484. The molecule has 0 spiro atoms. The average Bonchev–Trinajstić information content (AvgIpc) is 3.10. The molecular weight excluding hydrogens is 362 g/mol. The predicted octanol–water partition coefficient (Wildman–Crippen LogP) is 2.70. The summed E-state index contributed by atoms with van der Waals surface area (Å²) in [6, 6.07) is 3.63. The van der Waals surface area contributed by atoms with Gasteiger partial charge in [-0.15, -0.1) is 11.3 Å². The first kappa shape index (κ1) is 17.8. The van der Waals surface area contributed by atoms with Crippen LogP contribution in [0, 0.1) is 6.92 Å². The van der Waals surface area contributed by atoms with Crippen molar-refractivity contribution in [2.45, 2.75) is 32.7 Å². The molecule has 1 aliphatic rings. The van der Waals surface area contributed by atoms with E-state index in [-0.39, 0.29) is 11.1 Å². The van der Waals surface area contributed by atoms with Crippen LogP contribution in [0.3, 0.4) is 0 Å². The molecule has 0 saturated carbocycles. The highest BCUT2D eigenvalue weighted by molar-refractivity contribution is 7.13. The van der Waals surface area contributed by atoms with E-state index in [2.05, 4.69) is 20.2 Å². The van der Waals surface area contributed by atoms with Gasteiger partial charge >= 0.3 is 0 Å². The van der Waals surface area contributed by atoms with E-state index in [9.17, 15) is 9.59 Å². The molecule has 1 N–H and O–H groups in total. The van der Waals surface area contributed by atoms with Gasteiger partial charge in [-0.05, 0) is 44.5 Å². The summed E-state index contributed by atoms with van der Waals surface area (Å²) in [5, 5.41) is 5.19. The summed E-state index contributed by atoms with van der Waals surface area (Å²) < 4.78 is 1.40. The monoisotopic (exact) mass is 383 g/mol. The Morgan fingerprint density at radius 1 is 1.26 bits per heavy atom. The number of aryl methyl sites for hydroxylation is 1. The zero-order valence-corrected chi connectivity index (χ0v) is 16.0. The number of piperidine rings is 1. The van der Waals surface area contributed by atoms with Crippen LogP contribution in [-0.4, -0.2) is 38.3 Å². The van der Waals surface area contributed by atoms with Gasteiger partial charge in [-0.1, -0.05) is 12.5 Å². The van der Waals surface area contributed by atoms with E-state index in [0.29, 0.717) is 10.8 Å². The summed E-state index contributed by atoms with van der Waals surface area (Å²) in [4.78, 5) is 36.3. The van der Waals surface area contributed by atoms with Crippen molar-refractivity contribution in [1.29, 1.82) is 0 Å². The molecule has 0 radical (unpaired) electrons. The Balaban J connectivity index is 1.50. The second kappa shape index (κ2) is 7.58. The number of nitrogens with one attached hydrogen (secondary N) is 1. The molecule has 0 unspecified atom stereocenters. The summed E-state index contributed by atoms with van der Waals surface area (Å²) >= 11 is 1.37. The van der Waals surface area contributed by atoms with Crippen LogP contribution in [0.25, 0.3) is 5.65 Å². The Morgan fingerprint density at radius 3 is 2.89 bits per heavy atom. The van der Waals surface area contributed by atoms with E-state index in [4.69, 9.17) is 0 Å². The molecule has 0 bridgehead atoms. The maximum absolute atomic E-state index is 12.6. The fourth-order valence-corrected chi connectivity index (χ4v) is 3.98. The van der Waals surface area contributed by atoms with Crippen molar-refractivity contribution in [1.82, 2.24) is 19.3 Å². The van der Waals surface area contributed by atoms with Gasteiger partial charge in [0.25, 0.3) is 11.5 Å². The number of fused-ring (bicyclic) bond motifs is 1. The number of hydrogen-bond acceptors (Lipinski definition) is 6. The van der Waals surface area contributed by atoms with Crippen molar-refractivity contribution in [3.05, 3.63) is 57.1 Å². The highest BCUT2D eigenvalue weighted by atomic mass is 32.1. The summed E-state index contributed by atoms with van der Waals surface area (Å²) in [6.45, 7) is 4.88. The SMILES string of the molecule is Cc1ccc2ncc(C(=O)Nc3nc(CN4CCCCC4)cs3)c(=O)n2c1. The van der Waals surface area contributed by atoms with Crippen LogP contribution < -0.4 is 10.9 Å². The van der Waals surface area contributed by atoms with Crippen LogP contribution in [0.4, 0.5) is 5.13 Å². The molecule has 8 heteroatoms. The lowest BCUT2D eigenvalue weighted by molar-refractivity contribution is 0.102. The highest BCUT2D eigenvalue weighted by Crippen LogP contribution is 2.19. The van der Waals surface area contributed by atoms with Crippen molar-refractivity contribution in [3.8, 4) is 0 Å². The van der Waals surface area contributed by atoms with E-state index >= 15 is 0 Å². The zero-order valence-electron chi connectivity index (χ0n) is 15.1. The maximum atomic E-state index is 12.6. The molecule has 1 saturated heterocycles. The first-order valence-corrected chi connectivity index (χ1v) is 9.94. The zero-order chi connectivity index (χ0) is 18.8. The number of pyridine rings is 1. The molecule has 1 aliphatic heterocycles. The minimum Gasteiger partial charge on any atom is -0.298 e. The number of thiazole rings is 1. The van der Waals surface area contributed by atoms with Crippen LogP contribution >= 0.6 is 11.3 Å². The number of hydrogen-bond donors (Lipinski definition) is 1. The van der Waals surface area contributed by atoms with Crippen molar-refractivity contribution in [2.24, 2.45) is 0 Å². The number of amides is 1. The van der Waals surface area contributed by atoms with Gasteiger partial charge in [0.05, 0.1) is 5.69 Å². The molecule has 1 fully saturated rings. The van der Waals surface area contributed by atoms with E-state index in [1.54, 1.807) is 12.3 Å². The van der Waals surface area contributed by atoms with Gasteiger partial charge in [0.2, 0.25) is 0 Å². The van der Waals surface area contributed by atoms with Crippen LogP contribution in [0.2, 0.25) is 0 Å². The van der Waals surface area contributed by atoms with Gasteiger partial charge in [0.15, 0.2) is 5.13 Å². The topological polar surface area (TPSA) is 79.6 Å². The number of aromatic nitrogens is 3. The number of nitrogens with zero attached hydrogens (tertiary/aromatic N) is 4. The smallest absolute Gasteiger partial charge is 0.270 e. The van der Waals surface area contributed by atoms with Crippen molar-refractivity contribution in [2.75, 3.05) is 18.4 Å². The number of carbonyl (C=O) groups excluding carboxylic acids is 1. The van der Waals surface area contributed by atoms with E-state index in [1.165, 1.54) is 41.2 Å². The molecule has 27 heavy (non-hydrogen) atoms. The Labute approximate surface area is 160 Å². The predicted molar refractivity (Wildman–Crippen MR) is 105 cm³/mol. The number of likely N-dealkylation sites (tertiary alicyclic amines) is 1. The number of carbonyl (C=O) groups is 1. The first-order chi connectivity index (χ1) is 13.1. The van der Waals surface area contributed by atoms with Crippen molar-refractivity contribution < 1.29 is 4.79 Å². The minimum absolute atomic E-state index is 0.00544. The van der Waals surface area contributed by atoms with E-state index in [0.717, 1.165) is 30.9 Å². The van der Waals surface area contributed by atoms with Gasteiger partial charge in [-0.3, -0.25) is 24.2 Å². The third-order valence-corrected chi connectivity index (χ3v) is 5.51. The van der Waals surface area contributed by atoms with Gasteiger partial charge in [0, 0.05) is 24.3 Å². The van der Waals surface area contributed by atoms with Gasteiger partial charge in [-0.2, -0.15) is 0 Å². The molecule has 3 aromatic rings. The lowest BCUT2D eigenvalue weighted by atomic mass is 10.1. The summed E-state index contributed by atoms with van der Waals surface area (Å²) in [7, 11) is 0. The standard InChI is InChI=1S/C19H21N5O2S/c1-13-5-6-16-20-9-15(18(26)24(16)10-13)17(25)22-19-21-14(12-27-19)11-23-7-3-2-4-8-23/h5-6,9-10,12H,2-4,7-8,11H2,1H3,(H,21,22,25). The van der Waals surface area contributed by atoms with Crippen LogP contribution in [0.5, 0.6) is 0 Å². The van der Waals surface area contributed by atoms with Gasteiger partial charge < -0.3 is 0 Å². The molecule has 4 rings (SSSR count). The lowest BCUT2D eigenvalue weighted by Gasteiger charge is -2.25. The number of rotatable bonds is 4. The average molecular weight is 383 g/mol. The fourth-order valence-electron chi connectivity index (χ4n) is 3.29. The van der Waals surface area contributed by atoms with Crippen LogP contribution in [0.15, 0.2) is 34.7 Å². The molecule has 0 aliphatic carbocycles. The Bertz CT molecular complexity index is 1040. The van der Waals surface area contributed by atoms with Crippen LogP contribution in [0.1, 0.15) is 40.9 Å². The minimum atomic E-state index is -0.484. The second-order valence-corrected chi connectivity index (χ2v) is 7.70. The Morgan fingerprint density at radius 2 is 2.07 bits per heavy atom. The Hall–Kier alpha value is -2.58. The molecule has 3 aromatic heterocycles. The molecule has 1 amide bonds. The first-order valence-electron chi connectivity index (χ1n) is 9.06. The largest absolute Gasteiger partial charge is 0.298 e. The second-order valence-electron chi connectivity index (χ2n) is 6.85. The van der Waals surface area contributed by atoms with E-state index < -0.39 is 5.91 Å². The third-order valence-electron chi connectivity index (χ3n) is 4.70. The van der Waals surface area contributed by atoms with Gasteiger partial charge in [-0.25, -0.2) is 9.97 Å². The molecule has 7 nitrogen and oxygen atoms in total. The quantitative estimate of drug-likeness (QED) is 0.749. The van der Waals surface area contributed by atoms with Crippen molar-refractivity contribution >= 4 is 28.0 Å². The summed E-state index contributed by atoms with van der Waals surface area (Å²) in [6.07, 6.45) is 6.76. The van der Waals surface area contributed by atoms with Crippen LogP contribution in [-0.2, 0) is 6.54 Å². The third kappa shape index (κ3) is 3.91. The normalized spacial score (nSPS) is 15.1. The molecular formula is C19H21N5O2S. The number of anilines is 1. The molecule has 0 aromatic carbocycles.